The minimum absolute atomic E-state index is 0.0151. The van der Waals surface area contributed by atoms with E-state index in [0.717, 1.165) is 5.57 Å². The molecule has 0 aromatic carbocycles. The Bertz CT molecular complexity index is 808. The fourth-order valence-corrected chi connectivity index (χ4v) is 7.45. The first-order valence-electron chi connectivity index (χ1n) is 10.1. The zero-order valence-electron chi connectivity index (χ0n) is 16.5. The highest BCUT2D eigenvalue weighted by Crippen LogP contribution is 2.70. The number of aliphatic hydroxyl groups excluding tert-OH is 1. The molecule has 4 rings (SSSR count). The van der Waals surface area contributed by atoms with E-state index in [1.165, 1.54) is 12.2 Å². The number of allylic oxidation sites excluding steroid dienone is 4. The van der Waals surface area contributed by atoms with Crippen LogP contribution >= 0.6 is 11.6 Å². The van der Waals surface area contributed by atoms with Crippen molar-refractivity contribution in [3.8, 4) is 0 Å². The van der Waals surface area contributed by atoms with Crippen molar-refractivity contribution in [2.75, 3.05) is 5.88 Å². The van der Waals surface area contributed by atoms with E-state index >= 15 is 4.39 Å². The molecule has 4 nitrogen and oxygen atoms in total. The molecule has 0 aromatic heterocycles. The van der Waals surface area contributed by atoms with E-state index in [9.17, 15) is 19.8 Å². The number of hydrogen-bond donors (Lipinski definition) is 2. The maximum atomic E-state index is 16.9. The smallest absolute Gasteiger partial charge is 0.179 e. The van der Waals surface area contributed by atoms with Gasteiger partial charge in [0, 0.05) is 16.7 Å². The molecule has 6 heteroatoms. The number of fused-ring (bicyclic) bond motifs is 5. The zero-order chi connectivity index (χ0) is 20.7. The number of rotatable bonds is 2. The third-order valence-electron chi connectivity index (χ3n) is 8.77. The van der Waals surface area contributed by atoms with Gasteiger partial charge in [0.1, 0.15) is 5.60 Å². The highest BCUT2D eigenvalue weighted by Gasteiger charge is 2.75. The fraction of sp³-hybridized carbons (Fsp3) is 0.727. The van der Waals surface area contributed by atoms with Crippen LogP contribution in [0.5, 0.6) is 0 Å². The topological polar surface area (TPSA) is 74.6 Å². The van der Waals surface area contributed by atoms with Crippen LogP contribution in [-0.4, -0.2) is 45.0 Å². The van der Waals surface area contributed by atoms with Crippen molar-refractivity contribution < 1.29 is 24.2 Å². The molecule has 154 valence electrons. The van der Waals surface area contributed by atoms with Gasteiger partial charge in [0.05, 0.1) is 12.0 Å². The summed E-state index contributed by atoms with van der Waals surface area (Å²) in [6, 6.07) is 0. The lowest BCUT2D eigenvalue weighted by Gasteiger charge is -2.62. The molecule has 3 fully saturated rings. The summed E-state index contributed by atoms with van der Waals surface area (Å²) >= 11 is 5.81. The van der Waals surface area contributed by atoms with Crippen molar-refractivity contribution in [3.05, 3.63) is 23.8 Å². The highest BCUT2D eigenvalue weighted by molar-refractivity contribution is 6.29. The minimum atomic E-state index is -1.95. The summed E-state index contributed by atoms with van der Waals surface area (Å²) in [7, 11) is 0. The van der Waals surface area contributed by atoms with Gasteiger partial charge in [0.2, 0.25) is 0 Å². The number of alkyl halides is 2. The molecule has 0 unspecified atom stereocenters. The summed E-state index contributed by atoms with van der Waals surface area (Å²) < 4.78 is 16.9. The largest absolute Gasteiger partial charge is 0.390 e. The second kappa shape index (κ2) is 5.99. The first kappa shape index (κ1) is 20.2. The Labute approximate surface area is 169 Å². The SMILES string of the molecule is C[C@H]1C[C@@H]2[C@@H]3CCC4=CC(=O)C=C[C@]4(C)[C@]3(F)[C@H](O)C[C@]2(C)[C@]1(O)C(=O)CCl. The van der Waals surface area contributed by atoms with Crippen molar-refractivity contribution in [1.82, 2.24) is 0 Å². The Morgan fingerprint density at radius 1 is 1.36 bits per heavy atom. The Morgan fingerprint density at radius 2 is 2.04 bits per heavy atom. The molecule has 0 saturated heterocycles. The first-order valence-corrected chi connectivity index (χ1v) is 10.6. The molecule has 0 bridgehead atoms. The summed E-state index contributed by atoms with van der Waals surface area (Å²) in [5.74, 6) is -2.03. The van der Waals surface area contributed by atoms with Crippen LogP contribution < -0.4 is 0 Å². The monoisotopic (exact) mass is 410 g/mol. The molecule has 0 heterocycles. The molecule has 2 N–H and O–H groups in total. The molecule has 4 aliphatic rings. The van der Waals surface area contributed by atoms with Crippen molar-refractivity contribution in [2.24, 2.45) is 28.6 Å². The Kier molecular flexibility index (Phi) is 4.33. The first-order chi connectivity index (χ1) is 13.0. The van der Waals surface area contributed by atoms with Crippen molar-refractivity contribution >= 4 is 23.2 Å². The molecule has 0 radical (unpaired) electrons. The van der Waals surface area contributed by atoms with Gasteiger partial charge < -0.3 is 10.2 Å². The van der Waals surface area contributed by atoms with Gasteiger partial charge in [-0.05, 0) is 56.6 Å². The third-order valence-corrected chi connectivity index (χ3v) is 9.01. The van der Waals surface area contributed by atoms with Gasteiger partial charge in [0.15, 0.2) is 17.2 Å². The molecule has 0 amide bonds. The van der Waals surface area contributed by atoms with E-state index in [2.05, 4.69) is 0 Å². The predicted molar refractivity (Wildman–Crippen MR) is 104 cm³/mol. The van der Waals surface area contributed by atoms with Crippen LogP contribution in [0, 0.1) is 28.6 Å². The molecule has 4 aliphatic carbocycles. The number of Topliss-reactive ketones (excluding diaryl/α,β-unsaturated/α-hetero) is 1. The van der Waals surface area contributed by atoms with Crippen molar-refractivity contribution in [2.45, 2.75) is 63.8 Å². The second-order valence-electron chi connectivity index (χ2n) is 9.72. The fourth-order valence-electron chi connectivity index (χ4n) is 7.24. The number of ketones is 2. The van der Waals surface area contributed by atoms with Gasteiger partial charge in [0.25, 0.3) is 0 Å². The molecular formula is C22H28ClFO4. The van der Waals surface area contributed by atoms with E-state index in [1.807, 2.05) is 13.8 Å². The quantitative estimate of drug-likeness (QED) is 0.686. The molecular weight excluding hydrogens is 383 g/mol. The average molecular weight is 411 g/mol. The van der Waals surface area contributed by atoms with Crippen LogP contribution in [-0.2, 0) is 9.59 Å². The lowest BCUT2D eigenvalue weighted by molar-refractivity contribution is -0.218. The summed E-state index contributed by atoms with van der Waals surface area (Å²) in [5, 5.41) is 22.6. The lowest BCUT2D eigenvalue weighted by Crippen LogP contribution is -2.69. The molecule has 28 heavy (non-hydrogen) atoms. The zero-order valence-corrected chi connectivity index (χ0v) is 17.3. The van der Waals surface area contributed by atoms with Crippen LogP contribution in [0.25, 0.3) is 0 Å². The van der Waals surface area contributed by atoms with Gasteiger partial charge >= 0.3 is 0 Å². The lowest BCUT2D eigenvalue weighted by atomic mass is 9.44. The van der Waals surface area contributed by atoms with Crippen LogP contribution in [0.15, 0.2) is 23.8 Å². The molecule has 3 saturated carbocycles. The highest BCUT2D eigenvalue weighted by atomic mass is 35.5. The maximum Gasteiger partial charge on any atom is 0.179 e. The normalized spacial score (nSPS) is 52.5. The van der Waals surface area contributed by atoms with Crippen LogP contribution in [0.2, 0.25) is 0 Å². The van der Waals surface area contributed by atoms with Gasteiger partial charge in [-0.25, -0.2) is 4.39 Å². The average Bonchev–Trinajstić information content (AvgIpc) is 2.84. The molecule has 0 spiro atoms. The van der Waals surface area contributed by atoms with E-state index < -0.39 is 39.9 Å². The van der Waals surface area contributed by atoms with Gasteiger partial charge in [-0.1, -0.05) is 25.5 Å². The molecule has 8 atom stereocenters. The van der Waals surface area contributed by atoms with Gasteiger partial charge in [-0.3, -0.25) is 9.59 Å². The molecule has 0 aromatic rings. The number of halogens is 2. The third kappa shape index (κ3) is 2.08. The summed E-state index contributed by atoms with van der Waals surface area (Å²) in [5.41, 5.74) is -4.90. The van der Waals surface area contributed by atoms with Crippen LogP contribution in [0.3, 0.4) is 0 Å². The van der Waals surface area contributed by atoms with Crippen molar-refractivity contribution in [1.29, 1.82) is 0 Å². The summed E-state index contributed by atoms with van der Waals surface area (Å²) in [6.07, 6.45) is 4.69. The number of carbonyl (C=O) groups excluding carboxylic acids is 2. The maximum absolute atomic E-state index is 16.9. The van der Waals surface area contributed by atoms with E-state index in [4.69, 9.17) is 11.6 Å². The molecule has 0 aliphatic heterocycles. The number of aliphatic hydroxyl groups is 2. The Balaban J connectivity index is 1.84. The number of carbonyl (C=O) groups is 2. The minimum Gasteiger partial charge on any atom is -0.390 e. The Hall–Kier alpha value is -1.04. The van der Waals surface area contributed by atoms with Gasteiger partial charge in [-0.2, -0.15) is 0 Å². The number of hydrogen-bond acceptors (Lipinski definition) is 4. The van der Waals surface area contributed by atoms with E-state index in [1.54, 1.807) is 13.0 Å². The van der Waals surface area contributed by atoms with E-state index in [-0.39, 0.29) is 29.9 Å². The van der Waals surface area contributed by atoms with Gasteiger partial charge in [-0.15, -0.1) is 11.6 Å². The predicted octanol–water partition coefficient (Wildman–Crippen LogP) is 3.14. The van der Waals surface area contributed by atoms with E-state index in [0.29, 0.717) is 19.3 Å². The van der Waals surface area contributed by atoms with Crippen molar-refractivity contribution in [3.63, 3.8) is 0 Å². The van der Waals surface area contributed by atoms with Crippen LogP contribution in [0.4, 0.5) is 4.39 Å². The standard InChI is InChI=1S/C22H28ClFO4/c1-12-8-16-15-5-4-13-9-14(25)6-7-19(13,2)21(15,24)17(26)10-20(16,3)22(12,28)18(27)11-23/h6-7,9,12,15-17,26,28H,4-5,8,10-11H2,1-3H3/t12-,15-,16+,17+,19-,20-,21+,22+/m0/s1. The Morgan fingerprint density at radius 3 is 2.68 bits per heavy atom. The summed E-state index contributed by atoms with van der Waals surface area (Å²) in [4.78, 5) is 24.5. The second-order valence-corrected chi connectivity index (χ2v) is 9.99. The summed E-state index contributed by atoms with van der Waals surface area (Å²) in [6.45, 7) is 5.38. The van der Waals surface area contributed by atoms with Crippen LogP contribution in [0.1, 0.15) is 46.5 Å².